The third-order valence-electron chi connectivity index (χ3n) is 5.72. The molecule has 1 amide bonds. The summed E-state index contributed by atoms with van der Waals surface area (Å²) in [4.78, 5) is 22.2. The number of rotatable bonds is 11. The van der Waals surface area contributed by atoms with Gasteiger partial charge >= 0.3 is 0 Å². The van der Waals surface area contributed by atoms with Gasteiger partial charge in [-0.3, -0.25) is 9.69 Å². The van der Waals surface area contributed by atoms with Gasteiger partial charge in [0, 0.05) is 31.7 Å². The van der Waals surface area contributed by atoms with Gasteiger partial charge in [0.05, 0.1) is 15.1 Å². The molecule has 0 aliphatic carbocycles. The van der Waals surface area contributed by atoms with Crippen LogP contribution in [-0.4, -0.2) is 68.8 Å². The number of sulfonamides is 1. The number of thiazole rings is 1. The highest BCUT2D eigenvalue weighted by molar-refractivity contribution is 7.89. The van der Waals surface area contributed by atoms with Crippen molar-refractivity contribution in [1.29, 1.82) is 0 Å². The fourth-order valence-electron chi connectivity index (χ4n) is 3.55. The fraction of sp³-hybridized carbons (Fsp3) is 0.308. The van der Waals surface area contributed by atoms with Crippen LogP contribution in [0.4, 0.5) is 5.13 Å². The molecule has 0 spiro atoms. The van der Waals surface area contributed by atoms with Crippen LogP contribution in [0.15, 0.2) is 66.6 Å². The molecule has 0 saturated carbocycles. The minimum atomic E-state index is -3.74. The number of hydrogen-bond acceptors (Lipinski definition) is 6. The Labute approximate surface area is 224 Å². The largest absolute Gasteiger partial charge is 0.308 e. The number of halogens is 1. The summed E-state index contributed by atoms with van der Waals surface area (Å²) < 4.78 is 28.3. The summed E-state index contributed by atoms with van der Waals surface area (Å²) in [6, 6.07) is 10.1. The third-order valence-corrected chi connectivity index (χ3v) is 8.61. The SMILES string of the molecule is C=CCN(CC=C)S(=O)(=O)c1ccc(C(=O)N(CCN(C)C)c2nc3c(C)c(C)ccc3s2)cc1.Cl. The van der Waals surface area contributed by atoms with Crippen LogP contribution in [0.5, 0.6) is 0 Å². The van der Waals surface area contributed by atoms with Crippen LogP contribution in [0.25, 0.3) is 10.2 Å². The van der Waals surface area contributed by atoms with Gasteiger partial charge in [-0.25, -0.2) is 13.4 Å². The molecule has 0 saturated heterocycles. The second-order valence-corrected chi connectivity index (χ2v) is 11.5. The molecule has 0 aliphatic heterocycles. The average molecular weight is 549 g/mol. The Morgan fingerprint density at radius 1 is 1.00 bits per heavy atom. The van der Waals surface area contributed by atoms with Gasteiger partial charge in [-0.1, -0.05) is 29.6 Å². The first kappa shape index (κ1) is 29.7. The number of anilines is 1. The third kappa shape index (κ3) is 6.41. The molecular weight excluding hydrogens is 516 g/mol. The van der Waals surface area contributed by atoms with Crippen molar-refractivity contribution in [3.05, 3.63) is 78.4 Å². The Hall–Kier alpha value is -2.56. The predicted molar refractivity (Wildman–Crippen MR) is 152 cm³/mol. The standard InChI is InChI=1S/C26H32N4O3S2.ClH/c1-7-15-29(16-8-2)35(32,33)22-12-10-21(11-13-22)25(31)30(18-17-28(5)6)26-27-24-20(4)19(3)9-14-23(24)34-26;/h7-14H,1-2,15-18H2,3-6H3;1H. The van der Waals surface area contributed by atoms with Gasteiger partial charge in [-0.05, 0) is 69.4 Å². The topological polar surface area (TPSA) is 73.8 Å². The lowest BCUT2D eigenvalue weighted by Gasteiger charge is -2.22. The Morgan fingerprint density at radius 2 is 1.61 bits per heavy atom. The maximum Gasteiger partial charge on any atom is 0.260 e. The summed E-state index contributed by atoms with van der Waals surface area (Å²) >= 11 is 1.48. The van der Waals surface area contributed by atoms with Gasteiger partial charge in [0.25, 0.3) is 5.91 Å². The number of carbonyl (C=O) groups is 1. The van der Waals surface area contributed by atoms with Crippen molar-refractivity contribution >= 4 is 55.0 Å². The molecule has 36 heavy (non-hydrogen) atoms. The molecular formula is C26H33ClN4O3S2. The summed E-state index contributed by atoms with van der Waals surface area (Å²) in [5.41, 5.74) is 3.55. The summed E-state index contributed by atoms with van der Waals surface area (Å²) in [7, 11) is 0.163. The molecule has 1 heterocycles. The van der Waals surface area contributed by atoms with E-state index in [0.717, 1.165) is 21.3 Å². The molecule has 1 aromatic heterocycles. The Morgan fingerprint density at radius 3 is 2.17 bits per heavy atom. The number of benzene rings is 2. The van der Waals surface area contributed by atoms with E-state index in [1.165, 1.54) is 39.9 Å². The minimum Gasteiger partial charge on any atom is -0.308 e. The van der Waals surface area contributed by atoms with Crippen LogP contribution >= 0.6 is 23.7 Å². The quantitative estimate of drug-likeness (QED) is 0.318. The van der Waals surface area contributed by atoms with Crippen LogP contribution in [0.2, 0.25) is 0 Å². The molecule has 0 fully saturated rings. The number of amides is 1. The maximum atomic E-state index is 13.6. The van der Waals surface area contributed by atoms with Gasteiger partial charge in [0.15, 0.2) is 5.13 Å². The number of carbonyl (C=O) groups excluding carboxylic acids is 1. The number of nitrogens with zero attached hydrogens (tertiary/aromatic N) is 4. The average Bonchev–Trinajstić information content (AvgIpc) is 3.26. The first-order chi connectivity index (χ1) is 16.6. The molecule has 10 heteroatoms. The second-order valence-electron chi connectivity index (χ2n) is 8.53. The number of hydrogen-bond donors (Lipinski definition) is 0. The molecule has 3 aromatic rings. The van der Waals surface area contributed by atoms with Crippen molar-refractivity contribution in [2.75, 3.05) is 45.2 Å². The molecule has 0 N–H and O–H groups in total. The van der Waals surface area contributed by atoms with Crippen molar-refractivity contribution in [2.45, 2.75) is 18.7 Å². The monoisotopic (exact) mass is 548 g/mol. The van der Waals surface area contributed by atoms with Crippen molar-refractivity contribution in [3.8, 4) is 0 Å². The number of aryl methyl sites for hydroxylation is 2. The van der Waals surface area contributed by atoms with E-state index in [0.29, 0.717) is 23.8 Å². The van der Waals surface area contributed by atoms with E-state index < -0.39 is 10.0 Å². The fourth-order valence-corrected chi connectivity index (χ4v) is 5.98. The van der Waals surface area contributed by atoms with Crippen molar-refractivity contribution < 1.29 is 13.2 Å². The lowest BCUT2D eigenvalue weighted by Crippen LogP contribution is -2.36. The zero-order valence-corrected chi connectivity index (χ0v) is 23.5. The smallest absolute Gasteiger partial charge is 0.260 e. The van der Waals surface area contributed by atoms with E-state index in [9.17, 15) is 13.2 Å². The Bertz CT molecular complexity index is 1330. The highest BCUT2D eigenvalue weighted by atomic mass is 35.5. The highest BCUT2D eigenvalue weighted by Crippen LogP contribution is 2.32. The molecule has 3 rings (SSSR count). The van der Waals surface area contributed by atoms with E-state index >= 15 is 0 Å². The lowest BCUT2D eigenvalue weighted by molar-refractivity contribution is 0.0985. The maximum absolute atomic E-state index is 13.6. The normalized spacial score (nSPS) is 11.5. The van der Waals surface area contributed by atoms with Gasteiger partial charge in [0.2, 0.25) is 10.0 Å². The van der Waals surface area contributed by atoms with Crippen molar-refractivity contribution in [3.63, 3.8) is 0 Å². The lowest BCUT2D eigenvalue weighted by atomic mass is 10.1. The van der Waals surface area contributed by atoms with Crippen LogP contribution in [0, 0.1) is 13.8 Å². The molecule has 194 valence electrons. The van der Waals surface area contributed by atoms with Gasteiger partial charge in [-0.2, -0.15) is 4.31 Å². The van der Waals surface area contributed by atoms with E-state index in [4.69, 9.17) is 4.98 Å². The Kier molecular flexibility index (Phi) is 10.4. The van der Waals surface area contributed by atoms with Crippen LogP contribution in [0.1, 0.15) is 21.5 Å². The summed E-state index contributed by atoms with van der Waals surface area (Å²) in [6.45, 7) is 12.8. The minimum absolute atomic E-state index is 0. The van der Waals surface area contributed by atoms with Crippen LogP contribution < -0.4 is 4.90 Å². The summed E-state index contributed by atoms with van der Waals surface area (Å²) in [6.07, 6.45) is 3.06. The highest BCUT2D eigenvalue weighted by Gasteiger charge is 2.25. The molecule has 0 radical (unpaired) electrons. The second kappa shape index (κ2) is 12.6. The van der Waals surface area contributed by atoms with E-state index in [2.05, 4.69) is 19.2 Å². The van der Waals surface area contributed by atoms with Crippen LogP contribution in [0.3, 0.4) is 0 Å². The summed E-state index contributed by atoms with van der Waals surface area (Å²) in [5, 5.41) is 0.625. The van der Waals surface area contributed by atoms with E-state index in [1.807, 2.05) is 38.9 Å². The van der Waals surface area contributed by atoms with Crippen molar-refractivity contribution in [1.82, 2.24) is 14.2 Å². The molecule has 0 aliphatic rings. The molecule has 0 unspecified atom stereocenters. The van der Waals surface area contributed by atoms with E-state index in [-0.39, 0.29) is 36.3 Å². The first-order valence-corrected chi connectivity index (χ1v) is 13.5. The number of aromatic nitrogens is 1. The molecule has 7 nitrogen and oxygen atoms in total. The van der Waals surface area contributed by atoms with Crippen LogP contribution in [-0.2, 0) is 10.0 Å². The summed E-state index contributed by atoms with van der Waals surface area (Å²) in [5.74, 6) is -0.224. The molecule has 0 atom stereocenters. The van der Waals surface area contributed by atoms with Gasteiger partial charge in [-0.15, -0.1) is 25.6 Å². The number of likely N-dealkylation sites (N-methyl/N-ethyl adjacent to an activating group) is 1. The molecule has 0 bridgehead atoms. The van der Waals surface area contributed by atoms with E-state index in [1.54, 1.807) is 17.0 Å². The zero-order valence-electron chi connectivity index (χ0n) is 21.1. The van der Waals surface area contributed by atoms with Gasteiger partial charge < -0.3 is 4.90 Å². The molecule has 2 aromatic carbocycles. The zero-order chi connectivity index (χ0) is 25.8. The Balaban J connectivity index is 0.00000456. The predicted octanol–water partition coefficient (Wildman–Crippen LogP) is 4.91. The number of fused-ring (bicyclic) bond motifs is 1. The van der Waals surface area contributed by atoms with Crippen molar-refractivity contribution in [2.24, 2.45) is 0 Å². The first-order valence-electron chi connectivity index (χ1n) is 11.3. The van der Waals surface area contributed by atoms with Gasteiger partial charge in [0.1, 0.15) is 0 Å².